The number of nitrogens with zero attached hydrogens (tertiary/aromatic N) is 1. The minimum absolute atomic E-state index is 0.0147. The average Bonchev–Trinajstić information content (AvgIpc) is 3.22. The molecule has 2 aromatic rings. The summed E-state index contributed by atoms with van der Waals surface area (Å²) in [6.07, 6.45) is 1.54. The van der Waals surface area contributed by atoms with Crippen molar-refractivity contribution in [2.45, 2.75) is 12.8 Å². The van der Waals surface area contributed by atoms with E-state index in [4.69, 9.17) is 0 Å². The van der Waals surface area contributed by atoms with Crippen molar-refractivity contribution in [3.05, 3.63) is 52.2 Å². The summed E-state index contributed by atoms with van der Waals surface area (Å²) in [5.74, 6) is -0.593. The van der Waals surface area contributed by atoms with Crippen molar-refractivity contribution < 1.29 is 14.4 Å². The maximum Gasteiger partial charge on any atom is 0.263 e. The van der Waals surface area contributed by atoms with E-state index in [2.05, 4.69) is 10.6 Å². The first-order valence-electron chi connectivity index (χ1n) is 8.54. The van der Waals surface area contributed by atoms with Crippen LogP contribution >= 0.6 is 11.3 Å². The highest BCUT2D eigenvalue weighted by atomic mass is 32.1. The number of anilines is 1. The fourth-order valence-electron chi connectivity index (χ4n) is 3.06. The van der Waals surface area contributed by atoms with Gasteiger partial charge < -0.3 is 15.5 Å². The van der Waals surface area contributed by atoms with E-state index in [0.29, 0.717) is 29.2 Å². The molecule has 0 aliphatic carbocycles. The number of carbonyl (C=O) groups excluding carboxylic acids is 3. The summed E-state index contributed by atoms with van der Waals surface area (Å²) in [5, 5.41) is 7.31. The van der Waals surface area contributed by atoms with Gasteiger partial charge in [0.05, 0.1) is 10.8 Å². The molecule has 0 radical (unpaired) electrons. The predicted molar refractivity (Wildman–Crippen MR) is 101 cm³/mol. The monoisotopic (exact) mass is 371 g/mol. The Hall–Kier alpha value is -2.67. The van der Waals surface area contributed by atoms with Gasteiger partial charge in [0, 0.05) is 31.4 Å². The van der Waals surface area contributed by atoms with Gasteiger partial charge in [-0.2, -0.15) is 0 Å². The normalized spacial score (nSPS) is 16.8. The highest BCUT2D eigenvalue weighted by Crippen LogP contribution is 2.22. The minimum Gasteiger partial charge on any atom is -0.355 e. The minimum atomic E-state index is -0.253. The molecule has 0 unspecified atom stereocenters. The zero-order valence-electron chi connectivity index (χ0n) is 14.5. The van der Waals surface area contributed by atoms with E-state index < -0.39 is 0 Å². The molecule has 2 N–H and O–H groups in total. The van der Waals surface area contributed by atoms with Crippen molar-refractivity contribution in [2.75, 3.05) is 25.5 Å². The molecule has 7 heteroatoms. The van der Waals surface area contributed by atoms with Crippen molar-refractivity contribution >= 4 is 34.7 Å². The van der Waals surface area contributed by atoms with Gasteiger partial charge in [-0.25, -0.2) is 0 Å². The molecule has 136 valence electrons. The molecule has 1 aromatic carbocycles. The van der Waals surface area contributed by atoms with Crippen molar-refractivity contribution in [3.8, 4) is 0 Å². The van der Waals surface area contributed by atoms with Crippen molar-refractivity contribution in [1.29, 1.82) is 0 Å². The maximum absolute atomic E-state index is 12.6. The standard InChI is InChI=1S/C19H21N3O3S/c1-20-17(23)13-5-2-7-15(11-13)21-18(24)14-6-3-9-22(12-14)19(25)16-8-4-10-26-16/h2,4-5,7-8,10-11,14H,3,6,9,12H2,1H3,(H,20,23)(H,21,24)/t14-/m1/s1. The molecule has 2 heterocycles. The van der Waals surface area contributed by atoms with Crippen LogP contribution in [-0.4, -0.2) is 42.8 Å². The lowest BCUT2D eigenvalue weighted by Crippen LogP contribution is -2.43. The van der Waals surface area contributed by atoms with E-state index in [0.717, 1.165) is 12.8 Å². The smallest absolute Gasteiger partial charge is 0.263 e. The summed E-state index contributed by atoms with van der Waals surface area (Å²) in [6.45, 7) is 1.09. The first-order valence-corrected chi connectivity index (χ1v) is 9.42. The summed E-state index contributed by atoms with van der Waals surface area (Å²) in [6, 6.07) is 10.5. The SMILES string of the molecule is CNC(=O)c1cccc(NC(=O)[C@@H]2CCCN(C(=O)c3cccs3)C2)c1. The highest BCUT2D eigenvalue weighted by molar-refractivity contribution is 7.12. The Labute approximate surface area is 156 Å². The van der Waals surface area contributed by atoms with Gasteiger partial charge in [-0.15, -0.1) is 11.3 Å². The fraction of sp³-hybridized carbons (Fsp3) is 0.316. The van der Waals surface area contributed by atoms with Crippen LogP contribution in [-0.2, 0) is 4.79 Å². The Bertz CT molecular complexity index is 804. The Balaban J connectivity index is 1.64. The highest BCUT2D eigenvalue weighted by Gasteiger charge is 2.29. The second-order valence-corrected chi connectivity index (χ2v) is 7.16. The summed E-state index contributed by atoms with van der Waals surface area (Å²) >= 11 is 1.41. The van der Waals surface area contributed by atoms with Gasteiger partial charge in [-0.05, 0) is 42.5 Å². The second-order valence-electron chi connectivity index (χ2n) is 6.22. The van der Waals surface area contributed by atoms with Crippen LogP contribution in [0.3, 0.4) is 0 Å². The van der Waals surface area contributed by atoms with Crippen LogP contribution in [0.1, 0.15) is 32.9 Å². The molecule has 3 rings (SSSR count). The number of thiophene rings is 1. The third-order valence-electron chi connectivity index (χ3n) is 4.43. The van der Waals surface area contributed by atoms with Crippen LogP contribution < -0.4 is 10.6 Å². The first kappa shape index (κ1) is 18.1. The number of benzene rings is 1. The van der Waals surface area contributed by atoms with Crippen LogP contribution in [0.25, 0.3) is 0 Å². The summed E-state index contributed by atoms with van der Waals surface area (Å²) in [4.78, 5) is 39.3. The molecular weight excluding hydrogens is 350 g/mol. The quantitative estimate of drug-likeness (QED) is 0.867. The Kier molecular flexibility index (Phi) is 5.68. The number of hydrogen-bond acceptors (Lipinski definition) is 4. The predicted octanol–water partition coefficient (Wildman–Crippen LogP) is 2.60. The summed E-state index contributed by atoms with van der Waals surface area (Å²) in [7, 11) is 1.56. The maximum atomic E-state index is 12.6. The molecule has 3 amide bonds. The largest absolute Gasteiger partial charge is 0.355 e. The van der Waals surface area contributed by atoms with Crippen molar-refractivity contribution in [1.82, 2.24) is 10.2 Å². The van der Waals surface area contributed by atoms with E-state index in [-0.39, 0.29) is 23.6 Å². The zero-order chi connectivity index (χ0) is 18.5. The molecule has 0 spiro atoms. The lowest BCUT2D eigenvalue weighted by Gasteiger charge is -2.31. The molecule has 1 fully saturated rings. The molecule has 1 aliphatic rings. The van der Waals surface area contributed by atoms with Gasteiger partial charge in [0.25, 0.3) is 11.8 Å². The van der Waals surface area contributed by atoms with E-state index in [1.54, 1.807) is 42.3 Å². The Morgan fingerprint density at radius 2 is 2.04 bits per heavy atom. The van der Waals surface area contributed by atoms with Crippen LogP contribution in [0.2, 0.25) is 0 Å². The lowest BCUT2D eigenvalue weighted by atomic mass is 9.96. The number of amides is 3. The Morgan fingerprint density at radius 1 is 1.19 bits per heavy atom. The van der Waals surface area contributed by atoms with Crippen LogP contribution in [0.15, 0.2) is 41.8 Å². The van der Waals surface area contributed by atoms with E-state index in [1.165, 1.54) is 11.3 Å². The molecular formula is C19H21N3O3S. The number of rotatable bonds is 4. The van der Waals surface area contributed by atoms with Crippen LogP contribution in [0.4, 0.5) is 5.69 Å². The van der Waals surface area contributed by atoms with E-state index in [1.807, 2.05) is 11.4 Å². The van der Waals surface area contributed by atoms with Gasteiger partial charge >= 0.3 is 0 Å². The number of piperidine rings is 1. The molecule has 1 aromatic heterocycles. The molecule has 0 saturated carbocycles. The molecule has 26 heavy (non-hydrogen) atoms. The number of hydrogen-bond donors (Lipinski definition) is 2. The molecule has 6 nitrogen and oxygen atoms in total. The van der Waals surface area contributed by atoms with Gasteiger partial charge in [-0.3, -0.25) is 14.4 Å². The lowest BCUT2D eigenvalue weighted by molar-refractivity contribution is -0.121. The zero-order valence-corrected chi connectivity index (χ0v) is 15.3. The van der Waals surface area contributed by atoms with Gasteiger partial charge in [0.15, 0.2) is 0 Å². The van der Waals surface area contributed by atoms with E-state index >= 15 is 0 Å². The van der Waals surface area contributed by atoms with Crippen molar-refractivity contribution in [2.24, 2.45) is 5.92 Å². The summed E-state index contributed by atoms with van der Waals surface area (Å²) < 4.78 is 0. The van der Waals surface area contributed by atoms with Crippen LogP contribution in [0.5, 0.6) is 0 Å². The summed E-state index contributed by atoms with van der Waals surface area (Å²) in [5.41, 5.74) is 1.07. The van der Waals surface area contributed by atoms with Gasteiger partial charge in [-0.1, -0.05) is 12.1 Å². The van der Waals surface area contributed by atoms with Crippen LogP contribution in [0, 0.1) is 5.92 Å². The van der Waals surface area contributed by atoms with E-state index in [9.17, 15) is 14.4 Å². The first-order chi connectivity index (χ1) is 12.6. The molecule has 1 atom stereocenters. The number of nitrogens with one attached hydrogen (secondary N) is 2. The fourth-order valence-corrected chi connectivity index (χ4v) is 3.75. The average molecular weight is 371 g/mol. The number of carbonyl (C=O) groups is 3. The second kappa shape index (κ2) is 8.14. The molecule has 0 bridgehead atoms. The molecule has 1 saturated heterocycles. The third kappa shape index (κ3) is 4.11. The topological polar surface area (TPSA) is 78.5 Å². The van der Waals surface area contributed by atoms with Crippen molar-refractivity contribution in [3.63, 3.8) is 0 Å². The van der Waals surface area contributed by atoms with Gasteiger partial charge in [0.1, 0.15) is 0 Å². The Morgan fingerprint density at radius 3 is 2.77 bits per heavy atom. The number of likely N-dealkylation sites (tertiary alicyclic amines) is 1. The molecule has 1 aliphatic heterocycles. The third-order valence-corrected chi connectivity index (χ3v) is 5.29. The van der Waals surface area contributed by atoms with Gasteiger partial charge in [0.2, 0.25) is 5.91 Å².